The quantitative estimate of drug-likeness (QED) is 0.607. The highest BCUT2D eigenvalue weighted by Crippen LogP contribution is 2.38. The molecular formula is C22H26ClN3. The molecule has 136 valence electrons. The van der Waals surface area contributed by atoms with Crippen LogP contribution in [-0.4, -0.2) is 22.5 Å². The van der Waals surface area contributed by atoms with Crippen molar-refractivity contribution in [2.24, 2.45) is 0 Å². The first kappa shape index (κ1) is 17.4. The Morgan fingerprint density at radius 3 is 2.54 bits per heavy atom. The van der Waals surface area contributed by atoms with Gasteiger partial charge in [0.15, 0.2) is 5.65 Å². The zero-order valence-corrected chi connectivity index (χ0v) is 16.3. The van der Waals surface area contributed by atoms with E-state index >= 15 is 0 Å². The molecule has 0 aliphatic carbocycles. The second-order valence-corrected chi connectivity index (χ2v) is 8.00. The molecule has 3 heterocycles. The molecule has 0 saturated carbocycles. The Kier molecular flexibility index (Phi) is 4.66. The molecule has 1 saturated heterocycles. The van der Waals surface area contributed by atoms with Crippen molar-refractivity contribution in [1.82, 2.24) is 9.38 Å². The molecule has 1 aromatic carbocycles. The van der Waals surface area contributed by atoms with E-state index in [0.29, 0.717) is 0 Å². The predicted molar refractivity (Wildman–Crippen MR) is 109 cm³/mol. The minimum Gasteiger partial charge on any atom is -0.370 e. The first-order valence-electron chi connectivity index (χ1n) is 9.57. The highest BCUT2D eigenvalue weighted by Gasteiger charge is 2.32. The Morgan fingerprint density at radius 1 is 1.12 bits per heavy atom. The summed E-state index contributed by atoms with van der Waals surface area (Å²) in [4.78, 5) is 6.99. The minimum atomic E-state index is 0.246. The lowest BCUT2D eigenvalue weighted by Gasteiger charge is -2.41. The van der Waals surface area contributed by atoms with Gasteiger partial charge in [-0.15, -0.1) is 0 Å². The van der Waals surface area contributed by atoms with E-state index in [1.807, 2.05) is 6.20 Å². The fourth-order valence-electron chi connectivity index (χ4n) is 4.11. The van der Waals surface area contributed by atoms with E-state index in [-0.39, 0.29) is 5.41 Å². The number of fused-ring (bicyclic) bond motifs is 1. The summed E-state index contributed by atoms with van der Waals surface area (Å²) in [6, 6.07) is 13.0. The maximum absolute atomic E-state index is 6.75. The third-order valence-corrected chi connectivity index (χ3v) is 6.22. The number of hydrogen-bond donors (Lipinski definition) is 0. The van der Waals surface area contributed by atoms with E-state index in [0.717, 1.165) is 55.1 Å². The number of halogens is 1. The summed E-state index contributed by atoms with van der Waals surface area (Å²) in [5.41, 5.74) is 4.91. The number of benzene rings is 1. The summed E-state index contributed by atoms with van der Waals surface area (Å²) in [5, 5.41) is 0.776. The molecule has 0 amide bonds. The van der Waals surface area contributed by atoms with Crippen molar-refractivity contribution in [1.29, 1.82) is 0 Å². The van der Waals surface area contributed by atoms with Crippen LogP contribution >= 0.6 is 11.6 Å². The fraction of sp³-hybridized carbons (Fsp3) is 0.409. The second-order valence-electron chi connectivity index (χ2n) is 7.62. The number of anilines is 1. The predicted octanol–water partition coefficient (Wildman–Crippen LogP) is 5.50. The molecule has 0 unspecified atom stereocenters. The maximum atomic E-state index is 6.75. The van der Waals surface area contributed by atoms with Gasteiger partial charge in [0.2, 0.25) is 0 Å². The second kappa shape index (κ2) is 6.96. The third-order valence-electron chi connectivity index (χ3n) is 5.86. The van der Waals surface area contributed by atoms with Gasteiger partial charge < -0.3 is 9.30 Å². The van der Waals surface area contributed by atoms with Gasteiger partial charge in [0.25, 0.3) is 0 Å². The van der Waals surface area contributed by atoms with Crippen LogP contribution in [0.1, 0.15) is 44.4 Å². The smallest absolute Gasteiger partial charge is 0.157 e. The van der Waals surface area contributed by atoms with Gasteiger partial charge >= 0.3 is 0 Å². The molecule has 1 aliphatic rings. The largest absolute Gasteiger partial charge is 0.370 e. The zero-order chi connectivity index (χ0) is 18.1. The lowest BCUT2D eigenvalue weighted by atomic mass is 9.74. The molecule has 0 N–H and O–H groups in total. The highest BCUT2D eigenvalue weighted by atomic mass is 35.5. The van der Waals surface area contributed by atoms with Crippen LogP contribution in [0.2, 0.25) is 5.02 Å². The van der Waals surface area contributed by atoms with Crippen LogP contribution in [0.15, 0.2) is 48.8 Å². The average molecular weight is 368 g/mol. The Labute approximate surface area is 160 Å². The van der Waals surface area contributed by atoms with Crippen molar-refractivity contribution < 1.29 is 0 Å². The number of rotatable bonds is 4. The zero-order valence-electron chi connectivity index (χ0n) is 15.6. The standard InChI is InChI=1S/C22H26ClN3/c1-3-7-18-16-24-21-20(23)19(10-13-26(18)21)25-14-11-22(2,12-15-25)17-8-5-4-6-9-17/h4-6,8-10,13,16H,3,7,11-12,14-15H2,1-2H3. The molecule has 1 aliphatic heterocycles. The summed E-state index contributed by atoms with van der Waals surface area (Å²) >= 11 is 6.75. The Hall–Kier alpha value is -2.00. The summed E-state index contributed by atoms with van der Waals surface area (Å²) in [5.74, 6) is 0. The van der Waals surface area contributed by atoms with Crippen molar-refractivity contribution in [2.45, 2.75) is 44.9 Å². The van der Waals surface area contributed by atoms with E-state index in [9.17, 15) is 0 Å². The van der Waals surface area contributed by atoms with Gasteiger partial charge in [-0.05, 0) is 36.3 Å². The van der Waals surface area contributed by atoms with Crippen molar-refractivity contribution in [3.05, 3.63) is 65.1 Å². The summed E-state index contributed by atoms with van der Waals surface area (Å²) in [6.45, 7) is 6.61. The van der Waals surface area contributed by atoms with E-state index in [4.69, 9.17) is 11.6 Å². The molecule has 2 aromatic heterocycles. The molecule has 26 heavy (non-hydrogen) atoms. The van der Waals surface area contributed by atoms with E-state index in [1.165, 1.54) is 11.3 Å². The Morgan fingerprint density at radius 2 is 1.85 bits per heavy atom. The van der Waals surface area contributed by atoms with Gasteiger partial charge in [0.1, 0.15) is 5.02 Å². The van der Waals surface area contributed by atoms with Crippen LogP contribution in [0.5, 0.6) is 0 Å². The van der Waals surface area contributed by atoms with Gasteiger partial charge in [-0.1, -0.05) is 62.2 Å². The van der Waals surface area contributed by atoms with Crippen LogP contribution in [0, 0.1) is 0 Å². The van der Waals surface area contributed by atoms with E-state index in [2.05, 4.69) is 70.7 Å². The van der Waals surface area contributed by atoms with Crippen molar-refractivity contribution >= 4 is 22.9 Å². The monoisotopic (exact) mass is 367 g/mol. The first-order chi connectivity index (χ1) is 12.6. The highest BCUT2D eigenvalue weighted by molar-refractivity contribution is 6.36. The Balaban J connectivity index is 1.57. The van der Waals surface area contributed by atoms with E-state index in [1.54, 1.807) is 0 Å². The van der Waals surface area contributed by atoms with Crippen molar-refractivity contribution in [3.63, 3.8) is 0 Å². The van der Waals surface area contributed by atoms with Crippen molar-refractivity contribution in [2.75, 3.05) is 18.0 Å². The van der Waals surface area contributed by atoms with Gasteiger partial charge in [0.05, 0.1) is 5.69 Å². The van der Waals surface area contributed by atoms with Crippen LogP contribution in [0.25, 0.3) is 5.65 Å². The van der Waals surface area contributed by atoms with Crippen LogP contribution < -0.4 is 4.90 Å². The normalized spacial score (nSPS) is 17.0. The molecule has 3 aromatic rings. The molecule has 0 radical (unpaired) electrons. The lowest BCUT2D eigenvalue weighted by Crippen LogP contribution is -2.41. The number of aromatic nitrogens is 2. The number of hydrogen-bond acceptors (Lipinski definition) is 2. The topological polar surface area (TPSA) is 20.5 Å². The fourth-order valence-corrected chi connectivity index (χ4v) is 4.44. The SMILES string of the molecule is CCCc1cnc2c(Cl)c(N3CCC(C)(c4ccccc4)CC3)ccn12. The van der Waals surface area contributed by atoms with E-state index < -0.39 is 0 Å². The van der Waals surface area contributed by atoms with Crippen LogP contribution in [0.3, 0.4) is 0 Å². The summed E-state index contributed by atoms with van der Waals surface area (Å²) in [7, 11) is 0. The van der Waals surface area contributed by atoms with Gasteiger partial charge in [0, 0.05) is 31.2 Å². The van der Waals surface area contributed by atoms with Gasteiger partial charge in [-0.25, -0.2) is 4.98 Å². The molecule has 0 atom stereocenters. The van der Waals surface area contributed by atoms with Gasteiger partial charge in [-0.3, -0.25) is 0 Å². The first-order valence-corrected chi connectivity index (χ1v) is 9.95. The molecule has 0 bridgehead atoms. The molecule has 3 nitrogen and oxygen atoms in total. The number of aryl methyl sites for hydroxylation is 1. The van der Waals surface area contributed by atoms with Gasteiger partial charge in [-0.2, -0.15) is 0 Å². The minimum absolute atomic E-state index is 0.246. The van der Waals surface area contributed by atoms with Crippen LogP contribution in [-0.2, 0) is 11.8 Å². The number of imidazole rings is 1. The third kappa shape index (κ3) is 2.99. The number of nitrogens with zero attached hydrogens (tertiary/aromatic N) is 3. The lowest BCUT2D eigenvalue weighted by molar-refractivity contribution is 0.362. The molecule has 4 heteroatoms. The molecule has 4 rings (SSSR count). The van der Waals surface area contributed by atoms with Crippen molar-refractivity contribution in [3.8, 4) is 0 Å². The summed E-state index contributed by atoms with van der Waals surface area (Å²) in [6.07, 6.45) is 8.48. The maximum Gasteiger partial charge on any atom is 0.157 e. The molecule has 1 fully saturated rings. The number of pyridine rings is 1. The molecular weight excluding hydrogens is 342 g/mol. The summed E-state index contributed by atoms with van der Waals surface area (Å²) < 4.78 is 2.13. The van der Waals surface area contributed by atoms with Crippen LogP contribution in [0.4, 0.5) is 5.69 Å². The Bertz CT molecular complexity index is 892. The number of piperidine rings is 1. The average Bonchev–Trinajstić information content (AvgIpc) is 3.08. The molecule has 0 spiro atoms.